The van der Waals surface area contributed by atoms with Gasteiger partial charge in [-0.05, 0) is 44.0 Å². The lowest BCUT2D eigenvalue weighted by Gasteiger charge is -2.20. The van der Waals surface area contributed by atoms with Crippen LogP contribution in [-0.2, 0) is 4.79 Å². The molecule has 1 saturated heterocycles. The number of benzene rings is 2. The van der Waals surface area contributed by atoms with Gasteiger partial charge in [0.2, 0.25) is 5.91 Å². The predicted molar refractivity (Wildman–Crippen MR) is 106 cm³/mol. The quantitative estimate of drug-likeness (QED) is 0.623. The van der Waals surface area contributed by atoms with Crippen molar-refractivity contribution in [3.8, 4) is 11.3 Å². The maximum Gasteiger partial charge on any atom is 0.235 e. The van der Waals surface area contributed by atoms with E-state index >= 15 is 0 Å². The number of carbonyl (C=O) groups excluding carboxylic acids is 1. The van der Waals surface area contributed by atoms with Crippen molar-refractivity contribution < 1.29 is 9.18 Å². The zero-order chi connectivity index (χ0) is 18.8. The van der Waals surface area contributed by atoms with Crippen molar-refractivity contribution in [1.29, 1.82) is 0 Å². The highest BCUT2D eigenvalue weighted by Crippen LogP contribution is 2.34. The Kier molecular flexibility index (Phi) is 5.07. The number of thioether (sulfide) groups is 1. The summed E-state index contributed by atoms with van der Waals surface area (Å²) in [6.07, 6.45) is 2.16. The number of hydrogen-bond donors (Lipinski definition) is 0. The Hall–Kier alpha value is -2.47. The summed E-state index contributed by atoms with van der Waals surface area (Å²) in [5, 5.41) is 11.2. The molecular weight excluding hydrogens is 361 g/mol. The van der Waals surface area contributed by atoms with Crippen LogP contribution in [0.4, 0.5) is 4.39 Å². The van der Waals surface area contributed by atoms with E-state index in [1.165, 1.54) is 23.9 Å². The molecule has 138 valence electrons. The molecule has 1 fully saturated rings. The highest BCUT2D eigenvalue weighted by molar-refractivity contribution is 8.00. The smallest absolute Gasteiger partial charge is 0.235 e. The van der Waals surface area contributed by atoms with Gasteiger partial charge in [-0.2, -0.15) is 0 Å². The van der Waals surface area contributed by atoms with E-state index in [2.05, 4.69) is 10.2 Å². The van der Waals surface area contributed by atoms with E-state index in [4.69, 9.17) is 0 Å². The average molecular weight is 381 g/mol. The van der Waals surface area contributed by atoms with Crippen molar-refractivity contribution in [2.75, 3.05) is 13.1 Å². The van der Waals surface area contributed by atoms with Crippen molar-refractivity contribution in [3.63, 3.8) is 0 Å². The summed E-state index contributed by atoms with van der Waals surface area (Å²) in [6, 6.07) is 14.1. The zero-order valence-electron chi connectivity index (χ0n) is 15.1. The maximum absolute atomic E-state index is 13.3. The Balaban J connectivity index is 1.67. The first-order valence-electron chi connectivity index (χ1n) is 9.10. The van der Waals surface area contributed by atoms with Gasteiger partial charge in [0.05, 0.1) is 5.25 Å². The fourth-order valence-electron chi connectivity index (χ4n) is 3.40. The van der Waals surface area contributed by atoms with Gasteiger partial charge in [0.25, 0.3) is 0 Å². The summed E-state index contributed by atoms with van der Waals surface area (Å²) in [6.45, 7) is 3.62. The minimum absolute atomic E-state index is 0.158. The monoisotopic (exact) mass is 381 g/mol. The zero-order valence-corrected chi connectivity index (χ0v) is 15.9. The fourth-order valence-corrected chi connectivity index (χ4v) is 4.38. The predicted octanol–water partition coefficient (Wildman–Crippen LogP) is 4.54. The highest BCUT2D eigenvalue weighted by atomic mass is 32.2. The summed E-state index contributed by atoms with van der Waals surface area (Å²) in [4.78, 5) is 14.6. The van der Waals surface area contributed by atoms with E-state index in [0.717, 1.165) is 47.3 Å². The lowest BCUT2D eigenvalue weighted by Crippen LogP contribution is -2.34. The van der Waals surface area contributed by atoms with Gasteiger partial charge in [0.1, 0.15) is 16.5 Å². The van der Waals surface area contributed by atoms with Crippen molar-refractivity contribution in [2.24, 2.45) is 0 Å². The molecule has 6 heteroatoms. The van der Waals surface area contributed by atoms with Crippen LogP contribution in [0.1, 0.15) is 19.8 Å². The third kappa shape index (κ3) is 3.67. The van der Waals surface area contributed by atoms with Crippen LogP contribution in [0.2, 0.25) is 0 Å². The number of hydrogen-bond acceptors (Lipinski definition) is 4. The van der Waals surface area contributed by atoms with Crippen LogP contribution in [0.25, 0.3) is 22.0 Å². The van der Waals surface area contributed by atoms with E-state index in [1.54, 1.807) is 12.1 Å². The number of aromatic nitrogens is 2. The van der Waals surface area contributed by atoms with Gasteiger partial charge in [-0.3, -0.25) is 4.79 Å². The molecule has 0 bridgehead atoms. The molecule has 1 aliphatic heterocycles. The number of amides is 1. The molecular formula is C21H20FN3OS. The SMILES string of the molecule is C[C@@H](Sc1nnc(-c2ccc(F)cc2)c2ccccc12)C(=O)N1CCCC1. The summed E-state index contributed by atoms with van der Waals surface area (Å²) in [5.74, 6) is -0.122. The highest BCUT2D eigenvalue weighted by Gasteiger charge is 2.25. The standard InChI is InChI=1S/C21H20FN3OS/c1-14(21(26)25-12-4-5-13-25)27-20-18-7-3-2-6-17(18)19(23-24-20)15-8-10-16(22)11-9-15/h2-3,6-11,14H,4-5,12-13H2,1H3/t14-/m1/s1. The maximum atomic E-state index is 13.3. The molecule has 4 rings (SSSR count). The number of halogens is 1. The Morgan fingerprint density at radius 1 is 1.04 bits per heavy atom. The van der Waals surface area contributed by atoms with Gasteiger partial charge in [-0.15, -0.1) is 10.2 Å². The van der Waals surface area contributed by atoms with Crippen molar-refractivity contribution in [1.82, 2.24) is 15.1 Å². The van der Waals surface area contributed by atoms with E-state index in [9.17, 15) is 9.18 Å². The molecule has 0 unspecified atom stereocenters. The lowest BCUT2D eigenvalue weighted by atomic mass is 10.1. The van der Waals surface area contributed by atoms with Crippen LogP contribution < -0.4 is 0 Å². The average Bonchev–Trinajstić information content (AvgIpc) is 3.23. The molecule has 4 nitrogen and oxygen atoms in total. The van der Waals surface area contributed by atoms with Gasteiger partial charge in [0, 0.05) is 29.4 Å². The first kappa shape index (κ1) is 17.9. The topological polar surface area (TPSA) is 46.1 Å². The largest absolute Gasteiger partial charge is 0.342 e. The summed E-state index contributed by atoms with van der Waals surface area (Å²) in [5.41, 5.74) is 1.53. The van der Waals surface area contributed by atoms with Crippen LogP contribution in [0.15, 0.2) is 53.6 Å². The van der Waals surface area contributed by atoms with Gasteiger partial charge in [-0.25, -0.2) is 4.39 Å². The number of rotatable bonds is 4. The lowest BCUT2D eigenvalue weighted by molar-refractivity contribution is -0.129. The Morgan fingerprint density at radius 2 is 1.70 bits per heavy atom. The second-order valence-corrected chi connectivity index (χ2v) is 8.03. The number of fused-ring (bicyclic) bond motifs is 1. The van der Waals surface area contributed by atoms with Crippen LogP contribution in [-0.4, -0.2) is 39.3 Å². The number of nitrogens with zero attached hydrogens (tertiary/aromatic N) is 3. The molecule has 2 aromatic carbocycles. The summed E-state index contributed by atoms with van der Waals surface area (Å²) < 4.78 is 13.3. The van der Waals surface area contributed by atoms with Crippen LogP contribution in [0.5, 0.6) is 0 Å². The second kappa shape index (κ2) is 7.64. The fraction of sp³-hybridized carbons (Fsp3) is 0.286. The molecule has 2 heterocycles. The Bertz CT molecular complexity index is 971. The van der Waals surface area contributed by atoms with E-state index in [1.807, 2.05) is 36.1 Å². The van der Waals surface area contributed by atoms with Crippen molar-refractivity contribution >= 4 is 28.4 Å². The first-order valence-corrected chi connectivity index (χ1v) is 9.98. The molecule has 0 spiro atoms. The minimum atomic E-state index is -0.280. The molecule has 1 aromatic heterocycles. The van der Waals surface area contributed by atoms with Gasteiger partial charge in [-0.1, -0.05) is 36.0 Å². The molecule has 0 aliphatic carbocycles. The molecule has 0 N–H and O–H groups in total. The minimum Gasteiger partial charge on any atom is -0.342 e. The van der Waals surface area contributed by atoms with Crippen molar-refractivity contribution in [3.05, 3.63) is 54.3 Å². The normalized spacial score (nSPS) is 15.3. The molecule has 0 radical (unpaired) electrons. The second-order valence-electron chi connectivity index (χ2n) is 6.70. The number of likely N-dealkylation sites (tertiary alicyclic amines) is 1. The molecule has 1 atom stereocenters. The third-order valence-electron chi connectivity index (χ3n) is 4.82. The molecule has 3 aromatic rings. The van der Waals surface area contributed by atoms with Crippen LogP contribution >= 0.6 is 11.8 Å². The first-order chi connectivity index (χ1) is 13.1. The van der Waals surface area contributed by atoms with Gasteiger partial charge in [0.15, 0.2) is 0 Å². The molecule has 27 heavy (non-hydrogen) atoms. The third-order valence-corrected chi connectivity index (χ3v) is 5.90. The Morgan fingerprint density at radius 3 is 2.41 bits per heavy atom. The van der Waals surface area contributed by atoms with E-state index < -0.39 is 0 Å². The molecule has 0 saturated carbocycles. The van der Waals surface area contributed by atoms with Crippen LogP contribution in [0.3, 0.4) is 0 Å². The van der Waals surface area contributed by atoms with E-state index in [0.29, 0.717) is 5.69 Å². The number of carbonyl (C=O) groups is 1. The molecule has 1 amide bonds. The van der Waals surface area contributed by atoms with Crippen LogP contribution in [0, 0.1) is 5.82 Å². The van der Waals surface area contributed by atoms with Crippen molar-refractivity contribution in [2.45, 2.75) is 30.0 Å². The van der Waals surface area contributed by atoms with E-state index in [-0.39, 0.29) is 17.0 Å². The summed E-state index contributed by atoms with van der Waals surface area (Å²) >= 11 is 1.45. The Labute approximate surface area is 161 Å². The van der Waals surface area contributed by atoms with Gasteiger partial charge < -0.3 is 4.90 Å². The summed E-state index contributed by atoms with van der Waals surface area (Å²) in [7, 11) is 0. The van der Waals surface area contributed by atoms with Gasteiger partial charge >= 0.3 is 0 Å². The molecule has 1 aliphatic rings.